The fourth-order valence-corrected chi connectivity index (χ4v) is 9.75. The van der Waals surface area contributed by atoms with E-state index in [0.29, 0.717) is 25.0 Å². The van der Waals surface area contributed by atoms with Crippen LogP contribution in [0.3, 0.4) is 0 Å². The van der Waals surface area contributed by atoms with Crippen molar-refractivity contribution in [1.29, 1.82) is 0 Å². The van der Waals surface area contributed by atoms with Gasteiger partial charge in [0.1, 0.15) is 0 Å². The highest BCUT2D eigenvalue weighted by molar-refractivity contribution is 6.09. The van der Waals surface area contributed by atoms with Gasteiger partial charge in [-0.3, -0.25) is 0 Å². The molecule has 51 heavy (non-hydrogen) atoms. The lowest BCUT2D eigenvalue weighted by atomic mass is 9.75. The standard InChI is InChI=1S/C50H42O/c1-5-15-37-33(11-1)23-25-47-43-21-9-19-41(49(43)29-27-45(37)47)39-17-7-3-13-35(39)31-51-32-36-14-4-8-18-40(36)42-20-10-22-44-48-26-24-34-12-2-6-16-38(34)46(48)28-30-50(42)44/h1-8,11-18,23-30,41-42H,9-10,19-22,31-32H2. The van der Waals surface area contributed by atoms with Crippen molar-refractivity contribution in [3.63, 3.8) is 0 Å². The second-order valence-electron chi connectivity index (χ2n) is 14.8. The van der Waals surface area contributed by atoms with Gasteiger partial charge in [0.25, 0.3) is 0 Å². The van der Waals surface area contributed by atoms with Gasteiger partial charge in [-0.1, -0.05) is 146 Å². The third-order valence-corrected chi connectivity index (χ3v) is 12.1. The number of ether oxygens (including phenoxy) is 1. The van der Waals surface area contributed by atoms with Crippen molar-refractivity contribution in [3.05, 3.63) is 190 Å². The van der Waals surface area contributed by atoms with Gasteiger partial charge in [-0.25, -0.2) is 0 Å². The van der Waals surface area contributed by atoms with E-state index in [4.69, 9.17) is 4.74 Å². The van der Waals surface area contributed by atoms with Gasteiger partial charge in [0, 0.05) is 11.8 Å². The Hall–Kier alpha value is -5.24. The first-order valence-corrected chi connectivity index (χ1v) is 18.9. The molecule has 0 amide bonds. The Kier molecular flexibility index (Phi) is 7.69. The van der Waals surface area contributed by atoms with E-state index in [9.17, 15) is 0 Å². The van der Waals surface area contributed by atoms with Crippen molar-refractivity contribution in [2.24, 2.45) is 0 Å². The van der Waals surface area contributed by atoms with E-state index in [0.717, 1.165) is 12.8 Å². The van der Waals surface area contributed by atoms with Gasteiger partial charge in [-0.05, 0) is 126 Å². The predicted octanol–water partition coefficient (Wildman–Crippen LogP) is 13.0. The number of aryl methyl sites for hydroxylation is 2. The van der Waals surface area contributed by atoms with Crippen LogP contribution in [0.5, 0.6) is 0 Å². The average Bonchev–Trinajstić information content (AvgIpc) is 3.20. The summed E-state index contributed by atoms with van der Waals surface area (Å²) >= 11 is 0. The summed E-state index contributed by atoms with van der Waals surface area (Å²) in [7, 11) is 0. The van der Waals surface area contributed by atoms with E-state index >= 15 is 0 Å². The first-order chi connectivity index (χ1) is 25.3. The molecule has 0 aliphatic heterocycles. The molecule has 248 valence electrons. The number of rotatable bonds is 6. The second-order valence-corrected chi connectivity index (χ2v) is 14.8. The predicted molar refractivity (Wildman–Crippen MR) is 214 cm³/mol. The normalized spacial score (nSPS) is 17.2. The molecule has 2 aliphatic carbocycles. The van der Waals surface area contributed by atoms with Gasteiger partial charge in [-0.2, -0.15) is 0 Å². The van der Waals surface area contributed by atoms with Crippen LogP contribution in [0, 0.1) is 0 Å². The summed E-state index contributed by atoms with van der Waals surface area (Å²) < 4.78 is 6.68. The zero-order chi connectivity index (χ0) is 33.7. The molecule has 0 heterocycles. The summed E-state index contributed by atoms with van der Waals surface area (Å²) in [5.41, 5.74) is 11.5. The van der Waals surface area contributed by atoms with Crippen LogP contribution in [-0.2, 0) is 30.8 Å². The van der Waals surface area contributed by atoms with Crippen LogP contribution in [0.1, 0.15) is 82.0 Å². The fraction of sp³-hybridized carbons (Fsp3) is 0.200. The number of benzene rings is 8. The lowest BCUT2D eigenvalue weighted by Gasteiger charge is -2.29. The van der Waals surface area contributed by atoms with E-state index in [1.165, 1.54) is 113 Å². The largest absolute Gasteiger partial charge is 0.372 e. The molecule has 0 N–H and O–H groups in total. The third-order valence-electron chi connectivity index (χ3n) is 12.1. The maximum atomic E-state index is 6.68. The second kappa shape index (κ2) is 12.8. The van der Waals surface area contributed by atoms with Gasteiger partial charge in [0.2, 0.25) is 0 Å². The number of fused-ring (bicyclic) bond motifs is 10. The molecule has 8 aromatic carbocycles. The molecule has 0 bridgehead atoms. The number of hydrogen-bond acceptors (Lipinski definition) is 1. The maximum absolute atomic E-state index is 6.68. The molecule has 0 radical (unpaired) electrons. The van der Waals surface area contributed by atoms with Gasteiger partial charge in [0.15, 0.2) is 0 Å². The molecule has 2 unspecified atom stereocenters. The highest BCUT2D eigenvalue weighted by Crippen LogP contribution is 2.44. The van der Waals surface area contributed by atoms with Crippen molar-refractivity contribution in [3.8, 4) is 0 Å². The highest BCUT2D eigenvalue weighted by atomic mass is 16.5. The average molecular weight is 659 g/mol. The Bertz CT molecular complexity index is 2410. The van der Waals surface area contributed by atoms with Crippen LogP contribution < -0.4 is 0 Å². The number of hydrogen-bond donors (Lipinski definition) is 0. The minimum absolute atomic E-state index is 0.391. The molecule has 0 spiro atoms. The van der Waals surface area contributed by atoms with Gasteiger partial charge in [-0.15, -0.1) is 0 Å². The summed E-state index contributed by atoms with van der Waals surface area (Å²) in [5.74, 6) is 0.782. The van der Waals surface area contributed by atoms with E-state index in [2.05, 4.69) is 146 Å². The molecule has 2 atom stereocenters. The molecule has 2 aliphatic rings. The monoisotopic (exact) mass is 658 g/mol. The quantitative estimate of drug-likeness (QED) is 0.162. The van der Waals surface area contributed by atoms with Crippen molar-refractivity contribution in [1.82, 2.24) is 0 Å². The van der Waals surface area contributed by atoms with Gasteiger partial charge >= 0.3 is 0 Å². The first kappa shape index (κ1) is 30.6. The van der Waals surface area contributed by atoms with Crippen LogP contribution in [0.25, 0.3) is 43.1 Å². The SMILES string of the molecule is c1ccc(C2CCCc3c2ccc2c3ccc3ccccc32)c(COCc2ccccc2C2CCCc3c2ccc2c3ccc3ccccc32)c1. The molecule has 1 heteroatoms. The maximum Gasteiger partial charge on any atom is 0.0724 e. The Balaban J connectivity index is 0.932. The molecule has 0 fully saturated rings. The molecular weight excluding hydrogens is 617 g/mol. The zero-order valence-corrected chi connectivity index (χ0v) is 29.1. The lowest BCUT2D eigenvalue weighted by Crippen LogP contribution is -2.14. The lowest BCUT2D eigenvalue weighted by molar-refractivity contribution is 0.105. The van der Waals surface area contributed by atoms with E-state index < -0.39 is 0 Å². The third kappa shape index (κ3) is 5.26. The molecule has 0 saturated carbocycles. The Morgan fingerprint density at radius 1 is 0.373 bits per heavy atom. The molecular formula is C50H42O. The Labute approximate surface area is 300 Å². The van der Waals surface area contributed by atoms with Crippen LogP contribution >= 0.6 is 0 Å². The van der Waals surface area contributed by atoms with Gasteiger partial charge < -0.3 is 4.74 Å². The molecule has 1 nitrogen and oxygen atoms in total. The smallest absolute Gasteiger partial charge is 0.0724 e. The Morgan fingerprint density at radius 2 is 0.804 bits per heavy atom. The van der Waals surface area contributed by atoms with E-state index in [1.807, 2.05) is 0 Å². The highest BCUT2D eigenvalue weighted by Gasteiger charge is 2.27. The van der Waals surface area contributed by atoms with Crippen molar-refractivity contribution < 1.29 is 4.74 Å². The molecule has 10 rings (SSSR count). The minimum atomic E-state index is 0.391. The van der Waals surface area contributed by atoms with E-state index in [-0.39, 0.29) is 0 Å². The van der Waals surface area contributed by atoms with Crippen LogP contribution in [0.2, 0.25) is 0 Å². The Morgan fingerprint density at radius 3 is 1.31 bits per heavy atom. The first-order valence-electron chi connectivity index (χ1n) is 18.9. The summed E-state index contributed by atoms with van der Waals surface area (Å²) in [6.45, 7) is 1.24. The van der Waals surface area contributed by atoms with Crippen LogP contribution in [0.15, 0.2) is 146 Å². The fourth-order valence-electron chi connectivity index (χ4n) is 9.75. The van der Waals surface area contributed by atoms with E-state index in [1.54, 1.807) is 0 Å². The zero-order valence-electron chi connectivity index (χ0n) is 29.1. The minimum Gasteiger partial charge on any atom is -0.372 e. The summed E-state index contributed by atoms with van der Waals surface area (Å²) in [6, 6.07) is 54.6. The molecule has 0 aromatic heterocycles. The van der Waals surface area contributed by atoms with Crippen molar-refractivity contribution in [2.45, 2.75) is 63.6 Å². The van der Waals surface area contributed by atoms with Crippen molar-refractivity contribution >= 4 is 43.1 Å². The van der Waals surface area contributed by atoms with Crippen LogP contribution in [0.4, 0.5) is 0 Å². The van der Waals surface area contributed by atoms with Gasteiger partial charge in [0.05, 0.1) is 13.2 Å². The van der Waals surface area contributed by atoms with Crippen LogP contribution in [-0.4, -0.2) is 0 Å². The summed E-state index contributed by atoms with van der Waals surface area (Å²) in [4.78, 5) is 0. The summed E-state index contributed by atoms with van der Waals surface area (Å²) in [5, 5.41) is 10.9. The molecule has 8 aromatic rings. The van der Waals surface area contributed by atoms with Crippen molar-refractivity contribution in [2.75, 3.05) is 0 Å². The molecule has 0 saturated heterocycles. The topological polar surface area (TPSA) is 9.23 Å². The summed E-state index contributed by atoms with van der Waals surface area (Å²) in [6.07, 6.45) is 7.07.